The summed E-state index contributed by atoms with van der Waals surface area (Å²) in [6.45, 7) is 14.4. The summed E-state index contributed by atoms with van der Waals surface area (Å²) in [6.07, 6.45) is 4.16. The normalized spacial score (nSPS) is 12.4. The fraction of sp³-hybridized carbons (Fsp3) is 0.391. The first-order valence-corrected chi connectivity index (χ1v) is 22.6. The smallest absolute Gasteiger partial charge is 0.410 e. The Morgan fingerprint density at radius 1 is 0.745 bits per heavy atom. The molecule has 0 aliphatic rings. The van der Waals surface area contributed by atoms with Gasteiger partial charge in [0.2, 0.25) is 5.56 Å². The Kier molecular flexibility index (Phi) is 15.3. The second-order valence-electron chi connectivity index (χ2n) is 15.8. The Morgan fingerprint density at radius 2 is 1.36 bits per heavy atom. The van der Waals surface area contributed by atoms with Gasteiger partial charge in [-0.2, -0.15) is 0 Å². The Bertz CT molecular complexity index is 1960. The maximum Gasteiger partial charge on any atom is 0.410 e. The molecule has 1 amide bonds. The number of pyridine rings is 1. The zero-order valence-corrected chi connectivity index (χ0v) is 34.3. The molecule has 0 saturated carbocycles. The van der Waals surface area contributed by atoms with E-state index in [0.717, 1.165) is 67.3 Å². The summed E-state index contributed by atoms with van der Waals surface area (Å²) in [5.41, 5.74) is 4.60. The molecule has 0 unspecified atom stereocenters. The molecule has 9 heteroatoms. The molecule has 0 bridgehead atoms. The van der Waals surface area contributed by atoms with Gasteiger partial charge >= 0.3 is 6.09 Å². The number of unbranched alkanes of at least 4 members (excludes halogenated alkanes) is 3. The van der Waals surface area contributed by atoms with Crippen molar-refractivity contribution < 1.29 is 18.7 Å². The highest BCUT2D eigenvalue weighted by Gasteiger charge is 2.40. The number of carbonyl (C=O) groups excluding carboxylic acids is 1. The highest BCUT2D eigenvalue weighted by molar-refractivity contribution is 6.74. The van der Waals surface area contributed by atoms with Crippen LogP contribution in [0.15, 0.2) is 120 Å². The molecule has 4 aromatic carbocycles. The number of H-pyrrole nitrogens is 1. The molecule has 5 rings (SSSR count). The Balaban J connectivity index is 1.34. The summed E-state index contributed by atoms with van der Waals surface area (Å²) >= 11 is 0. The van der Waals surface area contributed by atoms with Gasteiger partial charge in [0.15, 0.2) is 8.32 Å². The lowest BCUT2D eigenvalue weighted by molar-refractivity contribution is 0.0711. The highest BCUT2D eigenvalue weighted by atomic mass is 28.4. The second-order valence-corrected chi connectivity index (χ2v) is 20.5. The maximum atomic E-state index is 14.0. The third kappa shape index (κ3) is 12.7. The number of hydrogen-bond acceptors (Lipinski definition) is 6. The second kappa shape index (κ2) is 20.3. The van der Waals surface area contributed by atoms with Crippen molar-refractivity contribution in [3.8, 4) is 5.75 Å². The molecule has 0 spiro atoms. The van der Waals surface area contributed by atoms with Crippen molar-refractivity contribution in [2.75, 3.05) is 26.2 Å². The highest BCUT2D eigenvalue weighted by Crippen LogP contribution is 2.42. The first kappa shape index (κ1) is 41.5. The molecule has 0 radical (unpaired) electrons. The fourth-order valence-electron chi connectivity index (χ4n) is 6.29. The summed E-state index contributed by atoms with van der Waals surface area (Å²) in [4.78, 5) is 31.5. The predicted octanol–water partition coefficient (Wildman–Crippen LogP) is 10.2. The number of rotatable bonds is 20. The van der Waals surface area contributed by atoms with Crippen LogP contribution in [0, 0.1) is 0 Å². The van der Waals surface area contributed by atoms with Gasteiger partial charge < -0.3 is 29.1 Å². The molecular formula is C46H59N3O5Si. The molecule has 55 heavy (non-hydrogen) atoms. The van der Waals surface area contributed by atoms with Crippen LogP contribution in [0.4, 0.5) is 4.79 Å². The van der Waals surface area contributed by atoms with Gasteiger partial charge in [-0.1, -0.05) is 131 Å². The molecule has 0 aliphatic carbocycles. The van der Waals surface area contributed by atoms with Gasteiger partial charge in [0.25, 0.3) is 0 Å². The van der Waals surface area contributed by atoms with Crippen LogP contribution in [0.1, 0.15) is 74.8 Å². The van der Waals surface area contributed by atoms with E-state index in [1.165, 1.54) is 5.56 Å². The minimum Gasteiger partial charge on any atom is -0.487 e. The molecule has 8 nitrogen and oxygen atoms in total. The van der Waals surface area contributed by atoms with Crippen molar-refractivity contribution in [1.82, 2.24) is 15.2 Å². The molecule has 0 aliphatic heterocycles. The van der Waals surface area contributed by atoms with E-state index in [4.69, 9.17) is 13.9 Å². The largest absolute Gasteiger partial charge is 0.487 e. The third-order valence-electron chi connectivity index (χ3n) is 10.5. The number of nitrogens with zero attached hydrogens (tertiary/aromatic N) is 1. The predicted molar refractivity (Wildman–Crippen MR) is 226 cm³/mol. The van der Waals surface area contributed by atoms with E-state index in [2.05, 4.69) is 74.5 Å². The average Bonchev–Trinajstić information content (AvgIpc) is 3.18. The molecule has 0 saturated heterocycles. The molecule has 1 heterocycles. The number of amides is 1. The van der Waals surface area contributed by atoms with Crippen LogP contribution in [-0.2, 0) is 28.8 Å². The lowest BCUT2D eigenvalue weighted by Crippen LogP contribution is -2.45. The van der Waals surface area contributed by atoms with E-state index >= 15 is 0 Å². The molecule has 2 N–H and O–H groups in total. The van der Waals surface area contributed by atoms with Crippen molar-refractivity contribution in [3.63, 3.8) is 0 Å². The van der Waals surface area contributed by atoms with E-state index in [0.29, 0.717) is 31.0 Å². The third-order valence-corrected chi connectivity index (χ3v) is 15.0. The lowest BCUT2D eigenvalue weighted by Gasteiger charge is -2.40. The van der Waals surface area contributed by atoms with Gasteiger partial charge in [0, 0.05) is 18.0 Å². The monoisotopic (exact) mass is 761 g/mol. The van der Waals surface area contributed by atoms with Crippen LogP contribution < -0.4 is 15.6 Å². The number of carbonyl (C=O) groups is 1. The number of nitrogens with one attached hydrogen (secondary N) is 2. The maximum absolute atomic E-state index is 14.0. The van der Waals surface area contributed by atoms with Crippen LogP contribution in [0.3, 0.4) is 0 Å². The Hall–Kier alpha value is -4.70. The van der Waals surface area contributed by atoms with Crippen LogP contribution >= 0.6 is 0 Å². The number of hydrogen-bond donors (Lipinski definition) is 2. The van der Waals surface area contributed by atoms with Gasteiger partial charge in [0.05, 0.1) is 18.2 Å². The topological polar surface area (TPSA) is 92.9 Å². The van der Waals surface area contributed by atoms with Crippen molar-refractivity contribution in [1.29, 1.82) is 0 Å². The van der Waals surface area contributed by atoms with Gasteiger partial charge in [-0.3, -0.25) is 4.79 Å². The van der Waals surface area contributed by atoms with E-state index in [9.17, 15) is 9.59 Å². The van der Waals surface area contributed by atoms with Crippen molar-refractivity contribution in [2.45, 2.75) is 90.3 Å². The molecule has 292 valence electrons. The summed E-state index contributed by atoms with van der Waals surface area (Å²) in [7, 11) is -2.37. The minimum absolute atomic E-state index is 0.0815. The number of fused-ring (bicyclic) bond motifs is 1. The summed E-state index contributed by atoms with van der Waals surface area (Å²) < 4.78 is 19.4. The zero-order chi connectivity index (χ0) is 39.1. The minimum atomic E-state index is -2.37. The summed E-state index contributed by atoms with van der Waals surface area (Å²) in [6, 6.07) is 37.6. The van der Waals surface area contributed by atoms with Crippen LogP contribution in [0.2, 0.25) is 18.1 Å². The van der Waals surface area contributed by atoms with Crippen LogP contribution in [0.25, 0.3) is 10.9 Å². The summed E-state index contributed by atoms with van der Waals surface area (Å²) in [5, 5.41) is 4.32. The molecule has 1 atom stereocenters. The number of aromatic nitrogens is 1. The molecule has 5 aromatic rings. The van der Waals surface area contributed by atoms with Crippen LogP contribution in [0.5, 0.6) is 5.75 Å². The van der Waals surface area contributed by atoms with Crippen molar-refractivity contribution in [2.24, 2.45) is 0 Å². The van der Waals surface area contributed by atoms with Gasteiger partial charge in [-0.25, -0.2) is 4.79 Å². The quantitative estimate of drug-likeness (QED) is 0.0606. The molecular weight excluding hydrogens is 703 g/mol. The zero-order valence-electron chi connectivity index (χ0n) is 33.3. The Labute approximate surface area is 328 Å². The first-order valence-electron chi connectivity index (χ1n) is 19.7. The van der Waals surface area contributed by atoms with Gasteiger partial charge in [-0.15, -0.1) is 0 Å². The van der Waals surface area contributed by atoms with Crippen molar-refractivity contribution >= 4 is 25.3 Å². The molecule has 1 aromatic heterocycles. The standard InChI is InChI=1S/C46H59N3O5Si/c1-46(2,3)55(4,5)54-42(39-25-27-41(44-40(39)26-28-43(50)48-44)52-34-37-21-13-9-14-22-37)33-49(45(51)53-35-38-23-15-10-16-24-38)32-18-7-6-17-30-47-31-29-36-19-11-8-12-20-36/h8-16,19-28,42,47H,6-7,17-18,29-35H2,1-5H3,(H,48,50)/t42-/m0/s1. The Morgan fingerprint density at radius 3 is 2.02 bits per heavy atom. The van der Waals surface area contributed by atoms with Crippen LogP contribution in [-0.4, -0.2) is 50.5 Å². The van der Waals surface area contributed by atoms with E-state index < -0.39 is 14.4 Å². The number of ether oxygens (including phenoxy) is 2. The summed E-state index contributed by atoms with van der Waals surface area (Å²) in [5.74, 6) is 0.583. The van der Waals surface area contributed by atoms with E-state index in [-0.39, 0.29) is 23.3 Å². The van der Waals surface area contributed by atoms with Gasteiger partial charge in [-0.05, 0) is 84.9 Å². The SMILES string of the molecule is CC(C)(C)[Si](C)(C)O[C@@H](CN(CCCCCCNCCc1ccccc1)C(=O)OCc1ccccc1)c1ccc(OCc2ccccc2)c2[nH]c(=O)ccc12. The average molecular weight is 762 g/mol. The van der Waals surface area contributed by atoms with Crippen molar-refractivity contribution in [3.05, 3.63) is 148 Å². The first-order chi connectivity index (χ1) is 26.5. The van der Waals surface area contributed by atoms with E-state index in [1.54, 1.807) is 6.07 Å². The number of aromatic amines is 1. The van der Waals surface area contributed by atoms with Gasteiger partial charge in [0.1, 0.15) is 19.0 Å². The lowest BCUT2D eigenvalue weighted by atomic mass is 10.0. The fourth-order valence-corrected chi connectivity index (χ4v) is 7.56. The number of benzene rings is 4. The van der Waals surface area contributed by atoms with E-state index in [1.807, 2.05) is 83.8 Å². The molecule has 0 fully saturated rings.